The molecule has 0 saturated carbocycles. The predicted molar refractivity (Wildman–Crippen MR) is 138 cm³/mol. The van der Waals surface area contributed by atoms with Gasteiger partial charge >= 0.3 is 0 Å². The molecule has 4 aromatic rings. The lowest BCUT2D eigenvalue weighted by molar-refractivity contribution is -0.384. The Morgan fingerprint density at radius 3 is 2.60 bits per heavy atom. The van der Waals surface area contributed by atoms with Gasteiger partial charge in [-0.05, 0) is 33.2 Å². The zero-order valence-electron chi connectivity index (χ0n) is 20.5. The number of hydrogen-bond acceptors (Lipinski definition) is 8. The second-order valence-corrected chi connectivity index (χ2v) is 8.56. The number of ether oxygens (including phenoxy) is 1. The largest absolute Gasteiger partial charge is 0.494 e. The molecule has 2 aromatic heterocycles. The van der Waals surface area contributed by atoms with Gasteiger partial charge in [0.05, 0.1) is 34.6 Å². The molecule has 0 radical (unpaired) electrons. The van der Waals surface area contributed by atoms with Crippen LogP contribution in [0.2, 0.25) is 0 Å². The molecule has 0 spiro atoms. The first-order valence-corrected chi connectivity index (χ1v) is 11.2. The minimum absolute atomic E-state index is 0.0144. The van der Waals surface area contributed by atoms with Crippen molar-refractivity contribution >= 4 is 33.8 Å². The van der Waals surface area contributed by atoms with Crippen molar-refractivity contribution in [3.63, 3.8) is 0 Å². The summed E-state index contributed by atoms with van der Waals surface area (Å²) in [7, 11) is 7.30. The van der Waals surface area contributed by atoms with Crippen LogP contribution in [-0.4, -0.2) is 65.9 Å². The molecule has 182 valence electrons. The summed E-state index contributed by atoms with van der Waals surface area (Å²) in [5.41, 5.74) is 3.66. The van der Waals surface area contributed by atoms with Crippen LogP contribution in [0.5, 0.6) is 5.75 Å². The number of methoxy groups -OCH3 is 1. The molecule has 0 saturated heterocycles. The van der Waals surface area contributed by atoms with Crippen molar-refractivity contribution in [3.8, 4) is 11.4 Å². The standard InChI is InChI=1S/C25H29N7O3/c1-17-19-8-6-7-9-21(19)31(28-17)18-10-11-26-25(14-18)27-20-15-23(32(33)34)22(16-24(20)35-5)30(4)13-12-29(2)3/h6-11,14-16H,12-13H2,1-5H3,(H,26,27). The van der Waals surface area contributed by atoms with Gasteiger partial charge in [0.2, 0.25) is 0 Å². The maximum atomic E-state index is 11.9. The lowest BCUT2D eigenvalue weighted by Crippen LogP contribution is -2.28. The van der Waals surface area contributed by atoms with Crippen molar-refractivity contribution in [1.29, 1.82) is 0 Å². The van der Waals surface area contributed by atoms with Gasteiger partial charge < -0.3 is 19.9 Å². The number of fused-ring (bicyclic) bond motifs is 1. The fourth-order valence-corrected chi connectivity index (χ4v) is 3.92. The van der Waals surface area contributed by atoms with E-state index in [9.17, 15) is 10.1 Å². The summed E-state index contributed by atoms with van der Waals surface area (Å²) in [6.07, 6.45) is 1.67. The quantitative estimate of drug-likeness (QED) is 0.281. The summed E-state index contributed by atoms with van der Waals surface area (Å²) in [4.78, 5) is 19.8. The number of nitrogens with one attached hydrogen (secondary N) is 1. The first-order chi connectivity index (χ1) is 16.8. The lowest BCUT2D eigenvalue weighted by Gasteiger charge is -2.23. The Morgan fingerprint density at radius 2 is 1.89 bits per heavy atom. The Balaban J connectivity index is 1.70. The highest BCUT2D eigenvalue weighted by Crippen LogP contribution is 2.39. The van der Waals surface area contributed by atoms with Gasteiger partial charge in [-0.15, -0.1) is 0 Å². The van der Waals surface area contributed by atoms with Crippen LogP contribution in [0, 0.1) is 17.0 Å². The molecule has 0 amide bonds. The van der Waals surface area contributed by atoms with E-state index >= 15 is 0 Å². The van der Waals surface area contributed by atoms with E-state index in [1.165, 1.54) is 6.07 Å². The molecule has 10 nitrogen and oxygen atoms in total. The number of likely N-dealkylation sites (N-methyl/N-ethyl adjacent to an activating group) is 2. The van der Waals surface area contributed by atoms with Gasteiger partial charge in [0.15, 0.2) is 0 Å². The van der Waals surface area contributed by atoms with Gasteiger partial charge in [-0.25, -0.2) is 9.67 Å². The number of nitro benzene ring substituents is 1. The first kappa shape index (κ1) is 24.0. The van der Waals surface area contributed by atoms with Crippen LogP contribution >= 0.6 is 0 Å². The van der Waals surface area contributed by atoms with Crippen molar-refractivity contribution < 1.29 is 9.66 Å². The van der Waals surface area contributed by atoms with Crippen molar-refractivity contribution in [1.82, 2.24) is 19.7 Å². The number of hydrogen-bond donors (Lipinski definition) is 1. The number of rotatable bonds is 9. The number of anilines is 3. The lowest BCUT2D eigenvalue weighted by atomic mass is 10.2. The second-order valence-electron chi connectivity index (χ2n) is 8.56. The molecule has 0 bridgehead atoms. The van der Waals surface area contributed by atoms with Crippen LogP contribution in [0.3, 0.4) is 0 Å². The molecular weight excluding hydrogens is 446 g/mol. The van der Waals surface area contributed by atoms with Gasteiger partial charge in [-0.2, -0.15) is 5.10 Å². The van der Waals surface area contributed by atoms with Crippen LogP contribution < -0.4 is 15.0 Å². The monoisotopic (exact) mass is 475 g/mol. The molecule has 10 heteroatoms. The number of para-hydroxylation sites is 1. The highest BCUT2D eigenvalue weighted by atomic mass is 16.6. The minimum atomic E-state index is -0.380. The SMILES string of the molecule is COc1cc(N(C)CCN(C)C)c([N+](=O)[O-])cc1Nc1cc(-n2nc(C)c3ccccc32)ccn1. The van der Waals surface area contributed by atoms with E-state index in [-0.39, 0.29) is 10.6 Å². The molecule has 0 atom stereocenters. The first-order valence-electron chi connectivity index (χ1n) is 11.2. The summed E-state index contributed by atoms with van der Waals surface area (Å²) < 4.78 is 7.44. The zero-order chi connectivity index (χ0) is 25.1. The molecule has 0 unspecified atom stereocenters. The number of aryl methyl sites for hydroxylation is 1. The number of nitro groups is 1. The molecule has 2 aromatic carbocycles. The summed E-state index contributed by atoms with van der Waals surface area (Å²) in [6, 6.07) is 14.9. The average molecular weight is 476 g/mol. The number of benzene rings is 2. The van der Waals surface area contributed by atoms with E-state index in [2.05, 4.69) is 15.4 Å². The highest BCUT2D eigenvalue weighted by Gasteiger charge is 2.22. The summed E-state index contributed by atoms with van der Waals surface area (Å²) in [6.45, 7) is 3.36. The predicted octanol–water partition coefficient (Wildman–Crippen LogP) is 4.39. The molecule has 35 heavy (non-hydrogen) atoms. The molecule has 0 fully saturated rings. The van der Waals surface area contributed by atoms with Crippen molar-refractivity contribution in [2.75, 3.05) is 51.6 Å². The fraction of sp³-hybridized carbons (Fsp3) is 0.280. The maximum absolute atomic E-state index is 11.9. The third-order valence-corrected chi connectivity index (χ3v) is 5.81. The van der Waals surface area contributed by atoms with E-state index in [1.807, 2.05) is 78.9 Å². The van der Waals surface area contributed by atoms with E-state index in [0.29, 0.717) is 29.5 Å². The molecule has 0 aliphatic heterocycles. The minimum Gasteiger partial charge on any atom is -0.494 e. The summed E-state index contributed by atoms with van der Waals surface area (Å²) in [5, 5.41) is 20.9. The van der Waals surface area contributed by atoms with E-state index in [1.54, 1.807) is 19.4 Å². The maximum Gasteiger partial charge on any atom is 0.294 e. The topological polar surface area (TPSA) is 102 Å². The van der Waals surface area contributed by atoms with Gasteiger partial charge in [0.25, 0.3) is 5.69 Å². The number of aromatic nitrogens is 3. The molecular formula is C25H29N7O3. The third kappa shape index (κ3) is 5.02. The van der Waals surface area contributed by atoms with E-state index in [4.69, 9.17) is 4.74 Å². The zero-order valence-corrected chi connectivity index (χ0v) is 20.5. The van der Waals surface area contributed by atoms with E-state index < -0.39 is 0 Å². The Labute approximate surface area is 203 Å². The molecule has 0 aliphatic rings. The van der Waals surface area contributed by atoms with Gasteiger partial charge in [-0.1, -0.05) is 18.2 Å². The van der Waals surface area contributed by atoms with Crippen LogP contribution in [0.1, 0.15) is 5.69 Å². The second kappa shape index (κ2) is 9.98. The van der Waals surface area contributed by atoms with Gasteiger partial charge in [0, 0.05) is 49.9 Å². The normalized spacial score (nSPS) is 11.1. The Morgan fingerprint density at radius 1 is 1.11 bits per heavy atom. The molecule has 4 rings (SSSR count). The van der Waals surface area contributed by atoms with Crippen LogP contribution in [0.25, 0.3) is 16.6 Å². The summed E-state index contributed by atoms with van der Waals surface area (Å²) >= 11 is 0. The van der Waals surface area contributed by atoms with Crippen LogP contribution in [-0.2, 0) is 0 Å². The summed E-state index contributed by atoms with van der Waals surface area (Å²) in [5.74, 6) is 0.996. The van der Waals surface area contributed by atoms with E-state index in [0.717, 1.165) is 28.8 Å². The molecule has 1 N–H and O–H groups in total. The van der Waals surface area contributed by atoms with Gasteiger partial charge in [0.1, 0.15) is 17.3 Å². The number of nitrogens with zero attached hydrogens (tertiary/aromatic N) is 6. The third-order valence-electron chi connectivity index (χ3n) is 5.81. The van der Waals surface area contributed by atoms with Crippen molar-refractivity contribution in [2.24, 2.45) is 0 Å². The van der Waals surface area contributed by atoms with Crippen LogP contribution in [0.15, 0.2) is 54.7 Å². The molecule has 2 heterocycles. The smallest absolute Gasteiger partial charge is 0.294 e. The molecule has 0 aliphatic carbocycles. The number of pyridine rings is 1. The fourth-order valence-electron chi connectivity index (χ4n) is 3.92. The Kier molecular flexibility index (Phi) is 6.83. The Hall–Kier alpha value is -4.18. The average Bonchev–Trinajstić information content (AvgIpc) is 3.19. The van der Waals surface area contributed by atoms with Crippen LogP contribution in [0.4, 0.5) is 22.9 Å². The van der Waals surface area contributed by atoms with Crippen molar-refractivity contribution in [2.45, 2.75) is 6.92 Å². The van der Waals surface area contributed by atoms with Gasteiger partial charge in [-0.3, -0.25) is 10.1 Å². The Bertz CT molecular complexity index is 1370. The highest BCUT2D eigenvalue weighted by molar-refractivity contribution is 5.83. The van der Waals surface area contributed by atoms with Crippen molar-refractivity contribution in [3.05, 3.63) is 70.5 Å².